The molecule has 2 amide bonds. The van der Waals surface area contributed by atoms with Gasteiger partial charge in [0.05, 0.1) is 23.5 Å². The van der Waals surface area contributed by atoms with E-state index < -0.39 is 23.8 Å². The molecule has 0 radical (unpaired) electrons. The Morgan fingerprint density at radius 1 is 1.03 bits per heavy atom. The quantitative estimate of drug-likeness (QED) is 0.178. The summed E-state index contributed by atoms with van der Waals surface area (Å²) in [5.41, 5.74) is 3.81. The van der Waals surface area contributed by atoms with E-state index in [1.165, 1.54) is 24.3 Å². The third-order valence-electron chi connectivity index (χ3n) is 5.99. The SMILES string of the molecule is O=CC(=O)N(Nc1cc(Cl)ccc1OCC1CC1)C(Cc1ccccc1)C(=O)Nc1ccccc1C(=O)O. The summed E-state index contributed by atoms with van der Waals surface area (Å²) in [6.07, 6.45) is 2.26. The molecule has 1 saturated carbocycles. The number of ether oxygens (including phenoxy) is 1. The third kappa shape index (κ3) is 6.89. The van der Waals surface area contributed by atoms with Gasteiger partial charge in [-0.15, -0.1) is 0 Å². The highest BCUT2D eigenvalue weighted by Gasteiger charge is 2.32. The van der Waals surface area contributed by atoms with Gasteiger partial charge in [0.25, 0.3) is 0 Å². The molecule has 1 aliphatic rings. The van der Waals surface area contributed by atoms with Crippen LogP contribution in [0.15, 0.2) is 72.8 Å². The highest BCUT2D eigenvalue weighted by molar-refractivity contribution is 6.31. The number of para-hydroxylation sites is 1. The summed E-state index contributed by atoms with van der Waals surface area (Å²) >= 11 is 6.21. The molecule has 0 spiro atoms. The standard InChI is InChI=1S/C28H26ClN3O6/c29-20-12-13-25(38-17-19-10-11-19)23(15-20)31-32(26(34)16-33)24(14-18-6-2-1-3-7-18)27(35)30-22-9-5-4-8-21(22)28(36)37/h1-9,12-13,15-16,19,24,31H,10-11,14,17H2,(H,30,35)(H,36,37). The number of carbonyl (C=O) groups excluding carboxylic acids is 3. The number of anilines is 2. The number of rotatable bonds is 12. The molecule has 38 heavy (non-hydrogen) atoms. The Morgan fingerprint density at radius 2 is 1.74 bits per heavy atom. The number of aldehydes is 1. The van der Waals surface area contributed by atoms with Gasteiger partial charge in [0.1, 0.15) is 11.8 Å². The number of hydrazine groups is 1. The zero-order valence-corrected chi connectivity index (χ0v) is 21.1. The minimum atomic E-state index is -1.26. The van der Waals surface area contributed by atoms with E-state index in [0.717, 1.165) is 17.9 Å². The molecular weight excluding hydrogens is 510 g/mol. The van der Waals surface area contributed by atoms with Gasteiger partial charge in [-0.1, -0.05) is 54.1 Å². The van der Waals surface area contributed by atoms with Gasteiger partial charge in [0, 0.05) is 11.4 Å². The molecule has 196 valence electrons. The Balaban J connectivity index is 1.69. The molecule has 4 rings (SSSR count). The van der Waals surface area contributed by atoms with Gasteiger partial charge in [-0.2, -0.15) is 0 Å². The highest BCUT2D eigenvalue weighted by Crippen LogP contribution is 2.33. The molecule has 0 saturated heterocycles. The fourth-order valence-electron chi connectivity index (χ4n) is 3.81. The molecule has 1 aliphatic carbocycles. The van der Waals surface area contributed by atoms with E-state index in [4.69, 9.17) is 16.3 Å². The predicted octanol–water partition coefficient (Wildman–Crippen LogP) is 4.43. The fraction of sp³-hybridized carbons (Fsp3) is 0.214. The lowest BCUT2D eigenvalue weighted by Gasteiger charge is -2.31. The molecule has 1 unspecified atom stereocenters. The number of carboxylic acids is 1. The van der Waals surface area contributed by atoms with Gasteiger partial charge in [0.15, 0.2) is 0 Å². The molecular formula is C28H26ClN3O6. The van der Waals surface area contributed by atoms with Crippen LogP contribution in [0.4, 0.5) is 11.4 Å². The summed E-state index contributed by atoms with van der Waals surface area (Å²) in [7, 11) is 0. The van der Waals surface area contributed by atoms with Crippen LogP contribution in [0.25, 0.3) is 0 Å². The first-order chi connectivity index (χ1) is 18.4. The number of carboxylic acid groups (broad SMARTS) is 1. The van der Waals surface area contributed by atoms with E-state index >= 15 is 0 Å². The Morgan fingerprint density at radius 3 is 2.42 bits per heavy atom. The number of halogens is 1. The van der Waals surface area contributed by atoms with Crippen LogP contribution >= 0.6 is 11.6 Å². The van der Waals surface area contributed by atoms with Crippen molar-refractivity contribution < 1.29 is 29.0 Å². The summed E-state index contributed by atoms with van der Waals surface area (Å²) < 4.78 is 5.91. The van der Waals surface area contributed by atoms with Gasteiger partial charge in [-0.3, -0.25) is 19.8 Å². The second-order valence-electron chi connectivity index (χ2n) is 8.88. The van der Waals surface area contributed by atoms with Crippen molar-refractivity contribution in [2.45, 2.75) is 25.3 Å². The molecule has 9 nitrogen and oxygen atoms in total. The Labute approximate surface area is 224 Å². The predicted molar refractivity (Wildman–Crippen MR) is 142 cm³/mol. The van der Waals surface area contributed by atoms with Crippen molar-refractivity contribution in [2.75, 3.05) is 17.3 Å². The normalized spacial score (nSPS) is 13.2. The zero-order chi connectivity index (χ0) is 27.1. The molecule has 10 heteroatoms. The number of carbonyl (C=O) groups is 4. The maximum absolute atomic E-state index is 13.6. The largest absolute Gasteiger partial charge is 0.491 e. The molecule has 3 aromatic carbocycles. The van der Waals surface area contributed by atoms with E-state index in [1.807, 2.05) is 6.07 Å². The molecule has 1 fully saturated rings. The molecule has 0 aromatic heterocycles. The number of amides is 2. The molecule has 3 N–H and O–H groups in total. The van der Waals surface area contributed by atoms with Crippen molar-refractivity contribution >= 4 is 47.0 Å². The number of aromatic carboxylic acids is 1. The van der Waals surface area contributed by atoms with Crippen molar-refractivity contribution in [3.05, 3.63) is 88.9 Å². The maximum Gasteiger partial charge on any atom is 0.337 e. The van der Waals surface area contributed by atoms with E-state index in [-0.39, 0.29) is 24.0 Å². The molecule has 3 aromatic rings. The topological polar surface area (TPSA) is 125 Å². The van der Waals surface area contributed by atoms with Crippen LogP contribution in [0.2, 0.25) is 5.02 Å². The van der Waals surface area contributed by atoms with Crippen LogP contribution in [0.3, 0.4) is 0 Å². The zero-order valence-electron chi connectivity index (χ0n) is 20.3. The summed E-state index contributed by atoms with van der Waals surface area (Å²) in [5, 5.41) is 13.4. The van der Waals surface area contributed by atoms with Gasteiger partial charge in [-0.25, -0.2) is 9.80 Å². The summed E-state index contributed by atoms with van der Waals surface area (Å²) in [6, 6.07) is 18.4. The third-order valence-corrected chi connectivity index (χ3v) is 6.23. The minimum absolute atomic E-state index is 0.0212. The van der Waals surface area contributed by atoms with Crippen molar-refractivity contribution in [2.24, 2.45) is 5.92 Å². The fourth-order valence-corrected chi connectivity index (χ4v) is 3.99. The number of hydrogen-bond acceptors (Lipinski definition) is 6. The van der Waals surface area contributed by atoms with Crippen LogP contribution in [0.1, 0.15) is 28.8 Å². The van der Waals surface area contributed by atoms with Crippen molar-refractivity contribution in [1.82, 2.24) is 5.01 Å². The van der Waals surface area contributed by atoms with E-state index in [0.29, 0.717) is 34.5 Å². The molecule has 0 bridgehead atoms. The Bertz CT molecular complexity index is 1330. The van der Waals surface area contributed by atoms with Gasteiger partial charge in [-0.05, 0) is 54.7 Å². The number of nitrogens with one attached hydrogen (secondary N) is 2. The van der Waals surface area contributed by atoms with E-state index in [1.54, 1.807) is 42.5 Å². The number of nitrogens with zero attached hydrogens (tertiary/aromatic N) is 1. The minimum Gasteiger partial charge on any atom is -0.491 e. The van der Waals surface area contributed by atoms with Crippen molar-refractivity contribution in [3.63, 3.8) is 0 Å². The lowest BCUT2D eigenvalue weighted by atomic mass is 10.0. The average molecular weight is 536 g/mol. The van der Waals surface area contributed by atoms with Crippen molar-refractivity contribution in [1.29, 1.82) is 0 Å². The summed E-state index contributed by atoms with van der Waals surface area (Å²) in [5.74, 6) is -2.08. The van der Waals surface area contributed by atoms with E-state index in [2.05, 4.69) is 10.7 Å². The highest BCUT2D eigenvalue weighted by atomic mass is 35.5. The summed E-state index contributed by atoms with van der Waals surface area (Å²) in [4.78, 5) is 49.9. The molecule has 0 aliphatic heterocycles. The maximum atomic E-state index is 13.6. The van der Waals surface area contributed by atoms with E-state index in [9.17, 15) is 24.3 Å². The van der Waals surface area contributed by atoms with Crippen LogP contribution in [-0.4, -0.2) is 46.8 Å². The monoisotopic (exact) mass is 535 g/mol. The van der Waals surface area contributed by atoms with Gasteiger partial charge in [0.2, 0.25) is 12.2 Å². The number of hydrogen-bond donors (Lipinski definition) is 3. The lowest BCUT2D eigenvalue weighted by Crippen LogP contribution is -2.52. The van der Waals surface area contributed by atoms with Gasteiger partial charge < -0.3 is 15.2 Å². The first-order valence-corrected chi connectivity index (χ1v) is 12.4. The Kier molecular flexibility index (Phi) is 8.60. The first-order valence-electron chi connectivity index (χ1n) is 12.0. The smallest absolute Gasteiger partial charge is 0.337 e. The first kappa shape index (κ1) is 26.7. The Hall–Kier alpha value is -4.37. The van der Waals surface area contributed by atoms with Crippen LogP contribution < -0.4 is 15.5 Å². The van der Waals surface area contributed by atoms with Crippen LogP contribution in [0.5, 0.6) is 5.75 Å². The molecule has 0 heterocycles. The summed E-state index contributed by atoms with van der Waals surface area (Å²) in [6.45, 7) is 0.484. The van der Waals surface area contributed by atoms with Gasteiger partial charge >= 0.3 is 11.9 Å². The lowest BCUT2D eigenvalue weighted by molar-refractivity contribution is -0.141. The number of benzene rings is 3. The second-order valence-corrected chi connectivity index (χ2v) is 9.31. The van der Waals surface area contributed by atoms with Crippen LogP contribution in [-0.2, 0) is 20.8 Å². The van der Waals surface area contributed by atoms with Crippen molar-refractivity contribution in [3.8, 4) is 5.75 Å². The van der Waals surface area contributed by atoms with Crippen LogP contribution in [0, 0.1) is 5.92 Å². The second kappa shape index (κ2) is 12.2. The molecule has 1 atom stereocenters. The average Bonchev–Trinajstić information content (AvgIpc) is 3.75.